The molecule has 3 aromatic carbocycles. The first kappa shape index (κ1) is 25.4. The Morgan fingerprint density at radius 2 is 1.73 bits per heavy atom. The molecule has 0 amide bonds. The third-order valence-electron chi connectivity index (χ3n) is 7.85. The van der Waals surface area contributed by atoms with E-state index in [1.807, 2.05) is 12.1 Å². The number of methoxy groups -OCH3 is 2. The van der Waals surface area contributed by atoms with Gasteiger partial charge in [0, 0.05) is 12.6 Å². The van der Waals surface area contributed by atoms with Gasteiger partial charge in [-0.15, -0.1) is 0 Å². The zero-order valence-corrected chi connectivity index (χ0v) is 22.2. The quantitative estimate of drug-likeness (QED) is 0.349. The molecule has 2 atom stereocenters. The average molecular weight is 506 g/mol. The zero-order valence-electron chi connectivity index (χ0n) is 22.2. The van der Waals surface area contributed by atoms with E-state index >= 15 is 0 Å². The summed E-state index contributed by atoms with van der Waals surface area (Å²) in [5, 5.41) is 0. The van der Waals surface area contributed by atoms with Gasteiger partial charge in [-0.1, -0.05) is 12.1 Å². The number of ether oxygens (including phenoxy) is 4. The first-order valence-electron chi connectivity index (χ1n) is 13.0. The van der Waals surface area contributed by atoms with Crippen LogP contribution < -0.4 is 18.9 Å². The zero-order chi connectivity index (χ0) is 26.0. The van der Waals surface area contributed by atoms with Crippen LogP contribution in [0.2, 0.25) is 0 Å². The van der Waals surface area contributed by atoms with E-state index in [4.69, 9.17) is 18.9 Å². The average Bonchev–Trinajstić information content (AvgIpc) is 2.91. The van der Waals surface area contributed by atoms with Crippen molar-refractivity contribution < 1.29 is 23.3 Å². The Bertz CT molecular complexity index is 1240. The molecule has 0 spiro atoms. The van der Waals surface area contributed by atoms with Gasteiger partial charge in [-0.2, -0.15) is 0 Å². The molecule has 2 unspecified atom stereocenters. The molecule has 3 aromatic rings. The monoisotopic (exact) mass is 505 g/mol. The molecular weight excluding hydrogens is 469 g/mol. The van der Waals surface area contributed by atoms with Crippen LogP contribution in [0.3, 0.4) is 0 Å². The third-order valence-corrected chi connectivity index (χ3v) is 7.85. The summed E-state index contributed by atoms with van der Waals surface area (Å²) in [6.07, 6.45) is 4.87. The Morgan fingerprint density at radius 1 is 0.973 bits per heavy atom. The van der Waals surface area contributed by atoms with Gasteiger partial charge >= 0.3 is 0 Å². The number of hydrogen-bond donors (Lipinski definition) is 0. The van der Waals surface area contributed by atoms with Crippen molar-refractivity contribution in [1.29, 1.82) is 0 Å². The molecule has 6 heteroatoms. The summed E-state index contributed by atoms with van der Waals surface area (Å²) in [7, 11) is 5.59. The van der Waals surface area contributed by atoms with Crippen molar-refractivity contribution in [1.82, 2.24) is 4.90 Å². The normalized spacial score (nSPS) is 20.9. The Kier molecular flexibility index (Phi) is 7.29. The van der Waals surface area contributed by atoms with Crippen LogP contribution in [0.4, 0.5) is 4.39 Å². The second kappa shape index (κ2) is 10.6. The van der Waals surface area contributed by atoms with E-state index in [-0.39, 0.29) is 11.4 Å². The van der Waals surface area contributed by atoms with Crippen LogP contribution in [0, 0.1) is 5.82 Å². The van der Waals surface area contributed by atoms with E-state index in [0.717, 1.165) is 67.2 Å². The SMILES string of the molecule is COc1cc2c(cc1OC)C(CCC1(C)CCc3cc(OCc4ccc(F)cc4)ccc3O1)N(C)CC2. The molecular formula is C31H36FNO4. The molecule has 196 valence electrons. The minimum Gasteiger partial charge on any atom is -0.493 e. The minimum atomic E-state index is -0.239. The minimum absolute atomic E-state index is 0.224. The van der Waals surface area contributed by atoms with E-state index in [2.05, 4.69) is 37.1 Å². The van der Waals surface area contributed by atoms with E-state index in [1.54, 1.807) is 26.4 Å². The number of fused-ring (bicyclic) bond motifs is 2. The van der Waals surface area contributed by atoms with Crippen molar-refractivity contribution in [3.8, 4) is 23.0 Å². The summed E-state index contributed by atoms with van der Waals surface area (Å²) in [6, 6.07) is 17.1. The van der Waals surface area contributed by atoms with Crippen LogP contribution in [0.15, 0.2) is 54.6 Å². The highest BCUT2D eigenvalue weighted by Gasteiger charge is 2.35. The maximum atomic E-state index is 13.1. The molecule has 2 aliphatic heterocycles. The smallest absolute Gasteiger partial charge is 0.161 e. The van der Waals surface area contributed by atoms with Crippen molar-refractivity contribution >= 4 is 0 Å². The molecule has 37 heavy (non-hydrogen) atoms. The molecule has 0 aromatic heterocycles. The van der Waals surface area contributed by atoms with Crippen LogP contribution >= 0.6 is 0 Å². The molecule has 0 aliphatic carbocycles. The van der Waals surface area contributed by atoms with E-state index in [0.29, 0.717) is 12.6 Å². The molecule has 0 bridgehead atoms. The third kappa shape index (κ3) is 5.54. The Morgan fingerprint density at radius 3 is 2.49 bits per heavy atom. The maximum Gasteiger partial charge on any atom is 0.161 e. The Labute approximate surface area is 219 Å². The fraction of sp³-hybridized carbons (Fsp3) is 0.419. The first-order chi connectivity index (χ1) is 17.9. The predicted molar refractivity (Wildman–Crippen MR) is 142 cm³/mol. The second-order valence-corrected chi connectivity index (χ2v) is 10.4. The van der Waals surface area contributed by atoms with E-state index < -0.39 is 0 Å². The van der Waals surface area contributed by atoms with Crippen LogP contribution in [0.25, 0.3) is 0 Å². The number of nitrogens with zero attached hydrogens (tertiary/aromatic N) is 1. The van der Waals surface area contributed by atoms with E-state index in [1.165, 1.54) is 28.8 Å². The van der Waals surface area contributed by atoms with Gasteiger partial charge in [0.25, 0.3) is 0 Å². The lowest BCUT2D eigenvalue weighted by molar-refractivity contribution is 0.0442. The largest absolute Gasteiger partial charge is 0.493 e. The summed E-state index contributed by atoms with van der Waals surface area (Å²) in [6.45, 7) is 3.66. The summed E-state index contributed by atoms with van der Waals surface area (Å²) < 4.78 is 36.8. The van der Waals surface area contributed by atoms with Crippen molar-refractivity contribution in [2.24, 2.45) is 0 Å². The number of hydrogen-bond acceptors (Lipinski definition) is 5. The van der Waals surface area contributed by atoms with Gasteiger partial charge in [0.2, 0.25) is 0 Å². The first-order valence-corrected chi connectivity index (χ1v) is 13.0. The lowest BCUT2D eigenvalue weighted by atomic mass is 9.83. The van der Waals surface area contributed by atoms with Crippen LogP contribution in [-0.4, -0.2) is 38.3 Å². The van der Waals surface area contributed by atoms with Crippen molar-refractivity contribution in [2.45, 2.75) is 57.3 Å². The molecule has 5 rings (SSSR count). The van der Waals surface area contributed by atoms with Gasteiger partial charge in [-0.25, -0.2) is 4.39 Å². The van der Waals surface area contributed by atoms with Crippen molar-refractivity contribution in [3.63, 3.8) is 0 Å². The fourth-order valence-corrected chi connectivity index (χ4v) is 5.55. The van der Waals surface area contributed by atoms with Crippen LogP contribution in [0.1, 0.15) is 54.5 Å². The molecule has 0 saturated heterocycles. The predicted octanol–water partition coefficient (Wildman–Crippen LogP) is 6.52. The number of benzene rings is 3. The summed E-state index contributed by atoms with van der Waals surface area (Å²) in [4.78, 5) is 2.44. The summed E-state index contributed by atoms with van der Waals surface area (Å²) in [5.74, 6) is 3.08. The number of halogens is 1. The fourth-order valence-electron chi connectivity index (χ4n) is 5.55. The highest BCUT2D eigenvalue weighted by atomic mass is 19.1. The summed E-state index contributed by atoms with van der Waals surface area (Å²) >= 11 is 0. The van der Waals surface area contributed by atoms with Crippen LogP contribution in [0.5, 0.6) is 23.0 Å². The van der Waals surface area contributed by atoms with E-state index in [9.17, 15) is 4.39 Å². The topological polar surface area (TPSA) is 40.2 Å². The Hall–Kier alpha value is -3.25. The Balaban J connectivity index is 1.24. The number of likely N-dealkylation sites (N-methyl/N-ethyl adjacent to an activating group) is 1. The highest BCUT2D eigenvalue weighted by molar-refractivity contribution is 5.49. The van der Waals surface area contributed by atoms with Gasteiger partial charge < -0.3 is 18.9 Å². The highest BCUT2D eigenvalue weighted by Crippen LogP contribution is 2.43. The molecule has 5 nitrogen and oxygen atoms in total. The molecule has 0 N–H and O–H groups in total. The standard InChI is InChI=1S/C31H36FNO4/c1-31(15-12-27-26-19-30(35-4)29(34-3)18-22(26)13-16-33(27)2)14-11-23-17-25(9-10-28(23)37-31)36-20-21-5-7-24(32)8-6-21/h5-10,17-19,27H,11-16,20H2,1-4H3. The molecule has 0 fully saturated rings. The maximum absolute atomic E-state index is 13.1. The molecule has 0 radical (unpaired) electrons. The second-order valence-electron chi connectivity index (χ2n) is 10.4. The van der Waals surface area contributed by atoms with Crippen molar-refractivity contribution in [3.05, 3.63) is 82.7 Å². The van der Waals surface area contributed by atoms with Gasteiger partial charge in [0.15, 0.2) is 11.5 Å². The van der Waals surface area contributed by atoms with Crippen LogP contribution in [-0.2, 0) is 19.4 Å². The van der Waals surface area contributed by atoms with Gasteiger partial charge in [-0.05, 0) is 111 Å². The van der Waals surface area contributed by atoms with Gasteiger partial charge in [0.05, 0.1) is 14.2 Å². The molecule has 0 saturated carbocycles. The molecule has 2 heterocycles. The van der Waals surface area contributed by atoms with Gasteiger partial charge in [-0.3, -0.25) is 4.90 Å². The number of rotatable bonds is 8. The number of aryl methyl sites for hydroxylation is 1. The lowest BCUT2D eigenvalue weighted by Gasteiger charge is -2.40. The van der Waals surface area contributed by atoms with Crippen molar-refractivity contribution in [2.75, 3.05) is 27.8 Å². The molecule has 2 aliphatic rings. The lowest BCUT2D eigenvalue weighted by Crippen LogP contribution is -2.39. The van der Waals surface area contributed by atoms with Gasteiger partial charge in [0.1, 0.15) is 29.5 Å². The summed E-state index contributed by atoms with van der Waals surface area (Å²) in [5.41, 5.74) is 4.56.